The van der Waals surface area contributed by atoms with Crippen LogP contribution in [0.25, 0.3) is 0 Å². The van der Waals surface area contributed by atoms with Crippen LogP contribution >= 0.6 is 0 Å². The Kier molecular flexibility index (Phi) is 4.16. The van der Waals surface area contributed by atoms with Crippen molar-refractivity contribution in [3.05, 3.63) is 47.5 Å². The van der Waals surface area contributed by atoms with Crippen LogP contribution < -0.4 is 10.1 Å². The first-order valence-electron chi connectivity index (χ1n) is 6.28. The Morgan fingerprint density at radius 1 is 1.30 bits per heavy atom. The van der Waals surface area contributed by atoms with E-state index in [-0.39, 0.29) is 6.04 Å². The van der Waals surface area contributed by atoms with E-state index in [1.165, 1.54) is 0 Å². The van der Waals surface area contributed by atoms with Crippen LogP contribution in [0.2, 0.25) is 0 Å². The summed E-state index contributed by atoms with van der Waals surface area (Å²) >= 11 is 0. The van der Waals surface area contributed by atoms with Crippen molar-refractivity contribution in [2.24, 2.45) is 0 Å². The molecule has 0 bridgehead atoms. The van der Waals surface area contributed by atoms with Gasteiger partial charge in [-0.05, 0) is 26.0 Å². The Balaban J connectivity index is 2.26. The zero-order valence-corrected chi connectivity index (χ0v) is 11.7. The summed E-state index contributed by atoms with van der Waals surface area (Å²) in [4.78, 5) is 8.58. The number of hydrogen-bond donors (Lipinski definition) is 1. The molecule has 0 fully saturated rings. The SMILES string of the molecule is COc1cc(C#N)ccc1NC(C)c1nccnc1C. The van der Waals surface area contributed by atoms with E-state index in [4.69, 9.17) is 10.00 Å². The summed E-state index contributed by atoms with van der Waals surface area (Å²) in [6.45, 7) is 3.94. The van der Waals surface area contributed by atoms with Crippen molar-refractivity contribution in [3.8, 4) is 11.8 Å². The number of ether oxygens (including phenoxy) is 1. The van der Waals surface area contributed by atoms with Crippen LogP contribution in [0.3, 0.4) is 0 Å². The van der Waals surface area contributed by atoms with Crippen molar-refractivity contribution in [1.82, 2.24) is 9.97 Å². The topological polar surface area (TPSA) is 70.8 Å². The molecule has 102 valence electrons. The molecule has 5 heteroatoms. The van der Waals surface area contributed by atoms with Crippen molar-refractivity contribution < 1.29 is 4.74 Å². The third kappa shape index (κ3) is 2.86. The highest BCUT2D eigenvalue weighted by atomic mass is 16.5. The van der Waals surface area contributed by atoms with Gasteiger partial charge in [-0.15, -0.1) is 0 Å². The number of rotatable bonds is 4. The maximum absolute atomic E-state index is 8.90. The minimum atomic E-state index is -0.00876. The monoisotopic (exact) mass is 268 g/mol. The van der Waals surface area contributed by atoms with E-state index >= 15 is 0 Å². The smallest absolute Gasteiger partial charge is 0.143 e. The molecule has 20 heavy (non-hydrogen) atoms. The molecule has 1 N–H and O–H groups in total. The van der Waals surface area contributed by atoms with Gasteiger partial charge in [0.25, 0.3) is 0 Å². The predicted molar refractivity (Wildman–Crippen MR) is 76.5 cm³/mol. The summed E-state index contributed by atoms with van der Waals surface area (Å²) in [7, 11) is 1.58. The molecule has 0 aliphatic rings. The fraction of sp³-hybridized carbons (Fsp3) is 0.267. The lowest BCUT2D eigenvalue weighted by Gasteiger charge is -2.18. The second-order valence-corrected chi connectivity index (χ2v) is 4.42. The molecule has 1 atom stereocenters. The maximum Gasteiger partial charge on any atom is 0.143 e. The minimum Gasteiger partial charge on any atom is -0.495 e. The highest BCUT2D eigenvalue weighted by Gasteiger charge is 2.13. The van der Waals surface area contributed by atoms with Gasteiger partial charge in [0.1, 0.15) is 5.75 Å². The largest absolute Gasteiger partial charge is 0.495 e. The quantitative estimate of drug-likeness (QED) is 0.923. The van der Waals surface area contributed by atoms with Crippen molar-refractivity contribution >= 4 is 5.69 Å². The molecule has 1 aromatic heterocycles. The standard InChI is InChI=1S/C15H16N4O/c1-10-15(18-7-6-17-10)11(2)19-13-5-4-12(9-16)8-14(13)20-3/h4-8,11,19H,1-3H3. The molecule has 0 saturated carbocycles. The molecular formula is C15H16N4O. The molecular weight excluding hydrogens is 252 g/mol. The first kappa shape index (κ1) is 13.8. The number of hydrogen-bond acceptors (Lipinski definition) is 5. The van der Waals surface area contributed by atoms with Gasteiger partial charge in [-0.3, -0.25) is 9.97 Å². The lowest BCUT2D eigenvalue weighted by molar-refractivity contribution is 0.416. The molecule has 2 aromatic rings. The first-order valence-corrected chi connectivity index (χ1v) is 6.28. The van der Waals surface area contributed by atoms with Gasteiger partial charge in [-0.2, -0.15) is 5.26 Å². The highest BCUT2D eigenvalue weighted by molar-refractivity contribution is 5.60. The van der Waals surface area contributed by atoms with Crippen molar-refractivity contribution in [2.45, 2.75) is 19.9 Å². The van der Waals surface area contributed by atoms with E-state index < -0.39 is 0 Å². The minimum absolute atomic E-state index is 0.00876. The molecule has 0 aliphatic heterocycles. The number of nitriles is 1. The molecule has 0 aliphatic carbocycles. The van der Waals surface area contributed by atoms with Gasteiger partial charge in [0.2, 0.25) is 0 Å². The van der Waals surface area contributed by atoms with E-state index in [1.807, 2.05) is 19.9 Å². The Morgan fingerprint density at radius 2 is 2.05 bits per heavy atom. The highest BCUT2D eigenvalue weighted by Crippen LogP contribution is 2.29. The molecule has 0 spiro atoms. The van der Waals surface area contributed by atoms with E-state index in [1.54, 1.807) is 31.6 Å². The van der Waals surface area contributed by atoms with E-state index in [0.29, 0.717) is 11.3 Å². The van der Waals surface area contributed by atoms with Crippen LogP contribution in [0.4, 0.5) is 5.69 Å². The fourth-order valence-corrected chi connectivity index (χ4v) is 2.03. The maximum atomic E-state index is 8.90. The predicted octanol–water partition coefficient (Wildman–Crippen LogP) is 2.84. The summed E-state index contributed by atoms with van der Waals surface area (Å²) in [5.41, 5.74) is 3.17. The third-order valence-electron chi connectivity index (χ3n) is 3.03. The van der Waals surface area contributed by atoms with Gasteiger partial charge in [0, 0.05) is 18.5 Å². The molecule has 1 aromatic carbocycles. The van der Waals surface area contributed by atoms with Gasteiger partial charge >= 0.3 is 0 Å². The van der Waals surface area contributed by atoms with Crippen LogP contribution in [0.5, 0.6) is 5.75 Å². The number of nitrogens with zero attached hydrogens (tertiary/aromatic N) is 3. The summed E-state index contributed by atoms with van der Waals surface area (Å²) in [6, 6.07) is 7.38. The number of aryl methyl sites for hydroxylation is 1. The van der Waals surface area contributed by atoms with Gasteiger partial charge in [0.15, 0.2) is 0 Å². The van der Waals surface area contributed by atoms with Crippen LogP contribution in [0.15, 0.2) is 30.6 Å². The second kappa shape index (κ2) is 6.02. The Labute approximate surface area is 118 Å². The van der Waals surface area contributed by atoms with Crippen LogP contribution in [-0.2, 0) is 0 Å². The Morgan fingerprint density at radius 3 is 2.70 bits per heavy atom. The van der Waals surface area contributed by atoms with Crippen LogP contribution in [-0.4, -0.2) is 17.1 Å². The first-order chi connectivity index (χ1) is 9.65. The zero-order valence-electron chi connectivity index (χ0n) is 11.7. The number of methoxy groups -OCH3 is 1. The van der Waals surface area contributed by atoms with E-state index in [9.17, 15) is 0 Å². The van der Waals surface area contributed by atoms with E-state index in [0.717, 1.165) is 17.1 Å². The normalized spacial score (nSPS) is 11.5. The van der Waals surface area contributed by atoms with Crippen LogP contribution in [0.1, 0.15) is 29.9 Å². The number of benzene rings is 1. The number of nitrogens with one attached hydrogen (secondary N) is 1. The third-order valence-corrected chi connectivity index (χ3v) is 3.03. The molecule has 0 amide bonds. The summed E-state index contributed by atoms with van der Waals surface area (Å²) in [5, 5.41) is 12.2. The Hall–Kier alpha value is -2.61. The summed E-state index contributed by atoms with van der Waals surface area (Å²) in [6.07, 6.45) is 3.35. The van der Waals surface area contributed by atoms with Gasteiger partial charge < -0.3 is 10.1 Å². The molecule has 0 saturated heterocycles. The van der Waals surface area contributed by atoms with Gasteiger partial charge in [-0.25, -0.2) is 0 Å². The number of anilines is 1. The lowest BCUT2D eigenvalue weighted by Crippen LogP contribution is -2.11. The van der Waals surface area contributed by atoms with E-state index in [2.05, 4.69) is 21.4 Å². The Bertz CT molecular complexity index is 649. The van der Waals surface area contributed by atoms with Crippen molar-refractivity contribution in [3.63, 3.8) is 0 Å². The lowest BCUT2D eigenvalue weighted by atomic mass is 10.1. The van der Waals surface area contributed by atoms with Crippen molar-refractivity contribution in [2.75, 3.05) is 12.4 Å². The molecule has 1 unspecified atom stereocenters. The summed E-state index contributed by atoms with van der Waals surface area (Å²) in [5.74, 6) is 0.637. The van der Waals surface area contributed by atoms with Crippen molar-refractivity contribution in [1.29, 1.82) is 5.26 Å². The second-order valence-electron chi connectivity index (χ2n) is 4.42. The molecule has 0 radical (unpaired) electrons. The zero-order chi connectivity index (χ0) is 14.5. The molecule has 5 nitrogen and oxygen atoms in total. The number of aromatic nitrogens is 2. The van der Waals surface area contributed by atoms with Gasteiger partial charge in [0.05, 0.1) is 41.9 Å². The summed E-state index contributed by atoms with van der Waals surface area (Å²) < 4.78 is 5.31. The average molecular weight is 268 g/mol. The van der Waals surface area contributed by atoms with Gasteiger partial charge in [-0.1, -0.05) is 0 Å². The van der Waals surface area contributed by atoms with Crippen LogP contribution in [0, 0.1) is 18.3 Å². The fourth-order valence-electron chi connectivity index (χ4n) is 2.03. The average Bonchev–Trinajstić information content (AvgIpc) is 2.48. The molecule has 1 heterocycles. The molecule has 2 rings (SSSR count).